The lowest BCUT2D eigenvalue weighted by Crippen LogP contribution is -2.01. The standard InChI is InChI=1S/C12H13N3O2/c1-7-11(8(2)14-6-13-7)9-4-5-10(15-9)12(16)17-3/h4-6,15H,1-3H3. The normalized spacial score (nSPS) is 10.3. The second-order valence-electron chi connectivity index (χ2n) is 3.70. The Hall–Kier alpha value is -2.17. The summed E-state index contributed by atoms with van der Waals surface area (Å²) in [7, 11) is 1.35. The maximum absolute atomic E-state index is 11.3. The highest BCUT2D eigenvalue weighted by Gasteiger charge is 2.13. The van der Waals surface area contributed by atoms with Crippen molar-refractivity contribution in [2.75, 3.05) is 7.11 Å². The van der Waals surface area contributed by atoms with Crippen molar-refractivity contribution in [2.45, 2.75) is 13.8 Å². The minimum absolute atomic E-state index is 0.386. The molecule has 2 rings (SSSR count). The van der Waals surface area contributed by atoms with Crippen molar-refractivity contribution in [1.29, 1.82) is 0 Å². The smallest absolute Gasteiger partial charge is 0.354 e. The van der Waals surface area contributed by atoms with Crippen molar-refractivity contribution >= 4 is 5.97 Å². The number of ether oxygens (including phenoxy) is 1. The lowest BCUT2D eigenvalue weighted by atomic mass is 10.1. The molecule has 0 aliphatic heterocycles. The van der Waals surface area contributed by atoms with Gasteiger partial charge in [0.1, 0.15) is 12.0 Å². The SMILES string of the molecule is COC(=O)c1ccc(-c2c(C)ncnc2C)[nH]1. The van der Waals surface area contributed by atoms with Crippen LogP contribution in [0, 0.1) is 13.8 Å². The maximum Gasteiger partial charge on any atom is 0.354 e. The summed E-state index contributed by atoms with van der Waals surface area (Å²) >= 11 is 0. The van der Waals surface area contributed by atoms with Crippen LogP contribution < -0.4 is 0 Å². The largest absolute Gasteiger partial charge is 0.464 e. The molecule has 0 aliphatic carbocycles. The zero-order chi connectivity index (χ0) is 12.4. The third-order valence-electron chi connectivity index (χ3n) is 2.59. The average Bonchev–Trinajstić information content (AvgIpc) is 2.77. The van der Waals surface area contributed by atoms with E-state index in [2.05, 4.69) is 19.7 Å². The van der Waals surface area contributed by atoms with Gasteiger partial charge in [-0.15, -0.1) is 0 Å². The van der Waals surface area contributed by atoms with Crippen molar-refractivity contribution in [3.63, 3.8) is 0 Å². The summed E-state index contributed by atoms with van der Waals surface area (Å²) in [6.45, 7) is 3.81. The molecule has 2 aromatic rings. The molecule has 0 radical (unpaired) electrons. The van der Waals surface area contributed by atoms with Crippen LogP contribution in [0.3, 0.4) is 0 Å². The van der Waals surface area contributed by atoms with Gasteiger partial charge >= 0.3 is 5.97 Å². The van der Waals surface area contributed by atoms with Crippen molar-refractivity contribution in [1.82, 2.24) is 15.0 Å². The molecule has 0 unspecified atom stereocenters. The Balaban J connectivity index is 2.47. The fraction of sp³-hybridized carbons (Fsp3) is 0.250. The summed E-state index contributed by atoms with van der Waals surface area (Å²) in [5.41, 5.74) is 3.90. The highest BCUT2D eigenvalue weighted by molar-refractivity contribution is 5.88. The Bertz CT molecular complexity index is 540. The molecule has 0 saturated carbocycles. The predicted octanol–water partition coefficient (Wildman–Crippen LogP) is 1.88. The van der Waals surface area contributed by atoms with E-state index in [-0.39, 0.29) is 5.97 Å². The number of aromatic nitrogens is 3. The molecule has 5 heteroatoms. The number of esters is 1. The highest BCUT2D eigenvalue weighted by Crippen LogP contribution is 2.23. The molecule has 2 heterocycles. The third kappa shape index (κ3) is 2.04. The van der Waals surface area contributed by atoms with Crippen molar-refractivity contribution in [2.24, 2.45) is 0 Å². The molecule has 0 aliphatic rings. The van der Waals surface area contributed by atoms with E-state index in [0.29, 0.717) is 5.69 Å². The quantitative estimate of drug-likeness (QED) is 0.801. The van der Waals surface area contributed by atoms with E-state index in [1.165, 1.54) is 13.4 Å². The van der Waals surface area contributed by atoms with Gasteiger partial charge < -0.3 is 9.72 Å². The van der Waals surface area contributed by atoms with E-state index in [4.69, 9.17) is 0 Å². The summed E-state index contributed by atoms with van der Waals surface area (Å²) in [5.74, 6) is -0.386. The molecular weight excluding hydrogens is 218 g/mol. The monoisotopic (exact) mass is 231 g/mol. The van der Waals surface area contributed by atoms with Crippen LogP contribution in [0.25, 0.3) is 11.3 Å². The average molecular weight is 231 g/mol. The molecule has 0 atom stereocenters. The number of rotatable bonds is 2. The zero-order valence-corrected chi connectivity index (χ0v) is 9.94. The summed E-state index contributed by atoms with van der Waals surface area (Å²) in [6.07, 6.45) is 1.53. The van der Waals surface area contributed by atoms with Crippen LogP contribution in [0.1, 0.15) is 21.9 Å². The number of hydrogen-bond donors (Lipinski definition) is 1. The molecule has 0 amide bonds. The highest BCUT2D eigenvalue weighted by atomic mass is 16.5. The second-order valence-corrected chi connectivity index (χ2v) is 3.70. The van der Waals surface area contributed by atoms with Crippen LogP contribution in [0.15, 0.2) is 18.5 Å². The Labute approximate surface area is 98.9 Å². The van der Waals surface area contributed by atoms with Gasteiger partial charge in [-0.1, -0.05) is 0 Å². The fourth-order valence-corrected chi connectivity index (χ4v) is 1.75. The van der Waals surface area contributed by atoms with Crippen LogP contribution in [0.2, 0.25) is 0 Å². The zero-order valence-electron chi connectivity index (χ0n) is 9.94. The number of aryl methyl sites for hydroxylation is 2. The number of methoxy groups -OCH3 is 1. The third-order valence-corrected chi connectivity index (χ3v) is 2.59. The van der Waals surface area contributed by atoms with Crippen LogP contribution in [0.5, 0.6) is 0 Å². The van der Waals surface area contributed by atoms with E-state index >= 15 is 0 Å². The summed E-state index contributed by atoms with van der Waals surface area (Å²) in [5, 5.41) is 0. The number of hydrogen-bond acceptors (Lipinski definition) is 4. The first-order valence-corrected chi connectivity index (χ1v) is 5.19. The molecular formula is C12H13N3O2. The van der Waals surface area contributed by atoms with Crippen LogP contribution in [-0.2, 0) is 4.74 Å². The second kappa shape index (κ2) is 4.37. The number of nitrogens with one attached hydrogen (secondary N) is 1. The summed E-state index contributed by atoms with van der Waals surface area (Å²) in [6, 6.07) is 3.51. The lowest BCUT2D eigenvalue weighted by molar-refractivity contribution is 0.0595. The molecule has 2 aromatic heterocycles. The van der Waals surface area contributed by atoms with E-state index in [1.54, 1.807) is 6.07 Å². The molecule has 0 saturated heterocycles. The van der Waals surface area contributed by atoms with E-state index in [1.807, 2.05) is 19.9 Å². The van der Waals surface area contributed by atoms with Gasteiger partial charge in [-0.05, 0) is 26.0 Å². The van der Waals surface area contributed by atoms with Crippen molar-refractivity contribution < 1.29 is 9.53 Å². The molecule has 0 aromatic carbocycles. The fourth-order valence-electron chi connectivity index (χ4n) is 1.75. The number of carbonyl (C=O) groups is 1. The van der Waals surface area contributed by atoms with Crippen molar-refractivity contribution in [3.05, 3.63) is 35.5 Å². The Morgan fingerprint density at radius 1 is 1.24 bits per heavy atom. The van der Waals surface area contributed by atoms with Gasteiger partial charge in [0.2, 0.25) is 0 Å². The summed E-state index contributed by atoms with van der Waals surface area (Å²) in [4.78, 5) is 22.6. The van der Waals surface area contributed by atoms with Gasteiger partial charge in [-0.2, -0.15) is 0 Å². The number of H-pyrrole nitrogens is 1. The predicted molar refractivity (Wildman–Crippen MR) is 62.6 cm³/mol. The molecule has 88 valence electrons. The van der Waals surface area contributed by atoms with Crippen LogP contribution >= 0.6 is 0 Å². The summed E-state index contributed by atoms with van der Waals surface area (Å²) < 4.78 is 4.64. The van der Waals surface area contributed by atoms with Gasteiger partial charge in [0.05, 0.1) is 18.5 Å². The van der Waals surface area contributed by atoms with Crippen LogP contribution in [-0.4, -0.2) is 28.0 Å². The minimum Gasteiger partial charge on any atom is -0.464 e. The first kappa shape index (κ1) is 11.3. The molecule has 17 heavy (non-hydrogen) atoms. The molecule has 0 fully saturated rings. The first-order valence-electron chi connectivity index (χ1n) is 5.19. The molecule has 0 bridgehead atoms. The van der Waals surface area contributed by atoms with Gasteiger partial charge in [-0.3, -0.25) is 0 Å². The molecule has 1 N–H and O–H groups in total. The molecule has 5 nitrogen and oxygen atoms in total. The van der Waals surface area contributed by atoms with E-state index < -0.39 is 0 Å². The Kier molecular flexibility index (Phi) is 2.91. The van der Waals surface area contributed by atoms with Gasteiger partial charge in [0, 0.05) is 11.3 Å². The lowest BCUT2D eigenvalue weighted by Gasteiger charge is -2.05. The van der Waals surface area contributed by atoms with E-state index in [9.17, 15) is 4.79 Å². The first-order chi connectivity index (χ1) is 8.13. The Morgan fingerprint density at radius 2 is 1.88 bits per heavy atom. The Morgan fingerprint density at radius 3 is 2.47 bits per heavy atom. The minimum atomic E-state index is -0.386. The number of carbonyl (C=O) groups excluding carboxylic acids is 1. The molecule has 0 spiro atoms. The maximum atomic E-state index is 11.3. The number of aromatic amines is 1. The van der Waals surface area contributed by atoms with Gasteiger partial charge in [0.15, 0.2) is 0 Å². The van der Waals surface area contributed by atoms with Gasteiger partial charge in [0.25, 0.3) is 0 Å². The van der Waals surface area contributed by atoms with E-state index in [0.717, 1.165) is 22.6 Å². The van der Waals surface area contributed by atoms with Crippen molar-refractivity contribution in [3.8, 4) is 11.3 Å². The number of nitrogens with zero attached hydrogens (tertiary/aromatic N) is 2. The van der Waals surface area contributed by atoms with Gasteiger partial charge in [-0.25, -0.2) is 14.8 Å². The van der Waals surface area contributed by atoms with Crippen LogP contribution in [0.4, 0.5) is 0 Å². The topological polar surface area (TPSA) is 67.9 Å².